The maximum absolute atomic E-state index is 8.44. The Morgan fingerprint density at radius 2 is 2.00 bits per heavy atom. The Bertz CT molecular complexity index is 323. The van der Waals surface area contributed by atoms with Crippen molar-refractivity contribution >= 4 is 0 Å². The molecule has 0 fully saturated rings. The van der Waals surface area contributed by atoms with E-state index in [2.05, 4.69) is 11.3 Å². The molecule has 4 heteroatoms. The SMILES string of the molecule is N#CC1=C(C#N)C(C#N)O[C]1. The Hall–Kier alpha value is -1.83. The molecular formula is C7HN3O. The summed E-state index contributed by atoms with van der Waals surface area (Å²) in [6.45, 7) is 2.18. The summed E-state index contributed by atoms with van der Waals surface area (Å²) in [5.41, 5.74) is 0.0500. The first kappa shape index (κ1) is 7.28. The normalized spacial score (nSPS) is 22.1. The summed E-state index contributed by atoms with van der Waals surface area (Å²) in [7, 11) is 0. The van der Waals surface area contributed by atoms with E-state index < -0.39 is 6.10 Å². The molecule has 2 radical (unpaired) electrons. The summed E-state index contributed by atoms with van der Waals surface area (Å²) in [5, 5.41) is 25.2. The lowest BCUT2D eigenvalue weighted by Crippen LogP contribution is -2.03. The maximum atomic E-state index is 8.44. The van der Waals surface area contributed by atoms with Crippen LogP contribution in [0.5, 0.6) is 0 Å². The topological polar surface area (TPSA) is 80.6 Å². The fraction of sp³-hybridized carbons (Fsp3) is 0.143. The molecule has 1 heterocycles. The molecule has 0 aromatic carbocycles. The number of nitrogens with zero attached hydrogens (tertiary/aromatic N) is 3. The number of hydrogen-bond donors (Lipinski definition) is 0. The molecule has 0 bridgehead atoms. The van der Waals surface area contributed by atoms with Gasteiger partial charge in [-0.25, -0.2) is 0 Å². The van der Waals surface area contributed by atoms with Crippen LogP contribution in [0, 0.1) is 40.6 Å². The van der Waals surface area contributed by atoms with Crippen molar-refractivity contribution in [1.29, 1.82) is 15.8 Å². The molecule has 11 heavy (non-hydrogen) atoms. The average Bonchev–Trinajstić information content (AvgIpc) is 2.45. The third-order valence-electron chi connectivity index (χ3n) is 1.16. The van der Waals surface area contributed by atoms with Crippen LogP contribution < -0.4 is 0 Å². The van der Waals surface area contributed by atoms with Gasteiger partial charge in [-0.2, -0.15) is 15.8 Å². The highest BCUT2D eigenvalue weighted by atomic mass is 16.5. The fourth-order valence-electron chi connectivity index (χ4n) is 0.651. The van der Waals surface area contributed by atoms with Crippen LogP contribution in [-0.4, -0.2) is 6.10 Å². The highest BCUT2D eigenvalue weighted by Crippen LogP contribution is 2.22. The molecule has 0 aromatic rings. The molecule has 0 aliphatic carbocycles. The van der Waals surface area contributed by atoms with Crippen molar-refractivity contribution in [2.75, 3.05) is 0 Å². The van der Waals surface area contributed by atoms with E-state index in [4.69, 9.17) is 15.8 Å². The lowest BCUT2D eigenvalue weighted by Gasteiger charge is -1.93. The number of hydrogen-bond acceptors (Lipinski definition) is 4. The smallest absolute Gasteiger partial charge is 0.181 e. The van der Waals surface area contributed by atoms with Gasteiger partial charge in [-0.1, -0.05) is 0 Å². The predicted molar refractivity (Wildman–Crippen MR) is 32.0 cm³/mol. The quantitative estimate of drug-likeness (QED) is 0.488. The zero-order valence-corrected chi connectivity index (χ0v) is 5.33. The Kier molecular flexibility index (Phi) is 1.88. The Morgan fingerprint density at radius 1 is 1.27 bits per heavy atom. The van der Waals surface area contributed by atoms with Crippen LogP contribution in [0.2, 0.25) is 0 Å². The number of nitriles is 3. The van der Waals surface area contributed by atoms with Crippen LogP contribution in [0.1, 0.15) is 0 Å². The van der Waals surface area contributed by atoms with E-state index in [0.717, 1.165) is 0 Å². The molecule has 0 aromatic heterocycles. The third-order valence-corrected chi connectivity index (χ3v) is 1.16. The van der Waals surface area contributed by atoms with E-state index in [1.165, 1.54) is 0 Å². The molecular weight excluding hydrogens is 142 g/mol. The summed E-state index contributed by atoms with van der Waals surface area (Å²) in [6.07, 6.45) is -0.949. The monoisotopic (exact) mass is 143 g/mol. The van der Waals surface area contributed by atoms with Gasteiger partial charge in [0.1, 0.15) is 6.07 Å². The van der Waals surface area contributed by atoms with Crippen LogP contribution in [-0.2, 0) is 4.74 Å². The largest absolute Gasteiger partial charge is 0.339 e. The van der Waals surface area contributed by atoms with Crippen molar-refractivity contribution in [3.63, 3.8) is 0 Å². The highest BCUT2D eigenvalue weighted by Gasteiger charge is 2.27. The summed E-state index contributed by atoms with van der Waals surface area (Å²) in [6, 6.07) is 5.13. The van der Waals surface area contributed by atoms with Gasteiger partial charge in [-0.05, 0) is 0 Å². The lowest BCUT2D eigenvalue weighted by atomic mass is 10.1. The van der Waals surface area contributed by atoms with E-state index in [-0.39, 0.29) is 11.1 Å². The minimum Gasteiger partial charge on any atom is -0.339 e. The second-order valence-corrected chi connectivity index (χ2v) is 1.74. The minimum absolute atomic E-state index is 0.0130. The van der Waals surface area contributed by atoms with Crippen molar-refractivity contribution in [3.05, 3.63) is 17.8 Å². The van der Waals surface area contributed by atoms with Crippen molar-refractivity contribution in [2.24, 2.45) is 0 Å². The Balaban J connectivity index is 3.04. The van der Waals surface area contributed by atoms with E-state index in [0.29, 0.717) is 0 Å². The molecule has 1 unspecified atom stereocenters. The Morgan fingerprint density at radius 3 is 2.45 bits per heavy atom. The predicted octanol–water partition coefficient (Wildman–Crippen LogP) is 0.291. The van der Waals surface area contributed by atoms with Gasteiger partial charge < -0.3 is 4.74 Å². The molecule has 1 aliphatic rings. The summed E-state index contributed by atoms with van der Waals surface area (Å²) < 4.78 is 4.58. The van der Waals surface area contributed by atoms with Gasteiger partial charge in [0.25, 0.3) is 0 Å². The molecule has 0 saturated heterocycles. The van der Waals surface area contributed by atoms with Crippen molar-refractivity contribution in [3.8, 4) is 18.2 Å². The first-order valence-electron chi connectivity index (χ1n) is 2.69. The molecule has 1 atom stereocenters. The lowest BCUT2D eigenvalue weighted by molar-refractivity contribution is 0.212. The highest BCUT2D eigenvalue weighted by molar-refractivity contribution is 5.48. The van der Waals surface area contributed by atoms with Crippen LogP contribution >= 0.6 is 0 Å². The second-order valence-electron chi connectivity index (χ2n) is 1.74. The molecule has 4 nitrogen and oxygen atoms in total. The molecule has 0 N–H and O–H groups in total. The first-order chi connectivity index (χ1) is 5.33. The minimum atomic E-state index is -0.949. The van der Waals surface area contributed by atoms with Gasteiger partial charge in [0.15, 0.2) is 12.7 Å². The van der Waals surface area contributed by atoms with E-state index in [1.54, 1.807) is 18.2 Å². The number of ether oxygens (including phenoxy) is 1. The van der Waals surface area contributed by atoms with Gasteiger partial charge in [-0.15, -0.1) is 0 Å². The van der Waals surface area contributed by atoms with Crippen LogP contribution in [0.3, 0.4) is 0 Å². The van der Waals surface area contributed by atoms with E-state index in [9.17, 15) is 0 Å². The van der Waals surface area contributed by atoms with Gasteiger partial charge >= 0.3 is 0 Å². The standard InChI is InChI=1S/C7HN3O/c8-1-5-4-11-7(3-10)6(5)2-9/h7H. The van der Waals surface area contributed by atoms with Crippen molar-refractivity contribution in [1.82, 2.24) is 0 Å². The van der Waals surface area contributed by atoms with E-state index >= 15 is 0 Å². The molecule has 0 amide bonds. The summed E-state index contributed by atoms with van der Waals surface area (Å²) in [4.78, 5) is 0. The van der Waals surface area contributed by atoms with Crippen molar-refractivity contribution < 1.29 is 4.74 Å². The first-order valence-corrected chi connectivity index (χ1v) is 2.69. The van der Waals surface area contributed by atoms with Crippen LogP contribution in [0.4, 0.5) is 0 Å². The second kappa shape index (κ2) is 2.84. The summed E-state index contributed by atoms with van der Waals surface area (Å²) >= 11 is 0. The van der Waals surface area contributed by atoms with Gasteiger partial charge in [0.2, 0.25) is 0 Å². The zero-order chi connectivity index (χ0) is 8.27. The Labute approximate surface area is 63.5 Å². The summed E-state index contributed by atoms with van der Waals surface area (Å²) in [5.74, 6) is 0. The van der Waals surface area contributed by atoms with Crippen molar-refractivity contribution in [2.45, 2.75) is 6.10 Å². The third kappa shape index (κ3) is 1.05. The number of rotatable bonds is 0. The van der Waals surface area contributed by atoms with Crippen LogP contribution in [0.15, 0.2) is 11.1 Å². The molecule has 0 spiro atoms. The fourth-order valence-corrected chi connectivity index (χ4v) is 0.651. The molecule has 0 saturated carbocycles. The van der Waals surface area contributed by atoms with E-state index in [1.807, 2.05) is 0 Å². The molecule has 50 valence electrons. The van der Waals surface area contributed by atoms with Crippen LogP contribution in [0.25, 0.3) is 0 Å². The average molecular weight is 143 g/mol. The molecule has 1 rings (SSSR count). The van der Waals surface area contributed by atoms with Gasteiger partial charge in [0, 0.05) is 0 Å². The molecule has 1 aliphatic heterocycles. The maximum Gasteiger partial charge on any atom is 0.181 e. The van der Waals surface area contributed by atoms with Gasteiger partial charge in [-0.3, -0.25) is 0 Å². The van der Waals surface area contributed by atoms with Gasteiger partial charge in [0.05, 0.1) is 23.3 Å². The zero-order valence-electron chi connectivity index (χ0n) is 5.33.